The predicted octanol–water partition coefficient (Wildman–Crippen LogP) is 3.13. The Morgan fingerprint density at radius 1 is 1.39 bits per heavy atom. The molecule has 2 N–H and O–H groups in total. The van der Waals surface area contributed by atoms with Crippen LogP contribution in [0.5, 0.6) is 0 Å². The minimum atomic E-state index is -0.360. The Kier molecular flexibility index (Phi) is 4.54. The lowest BCUT2D eigenvalue weighted by molar-refractivity contribution is 0.0600. The zero-order chi connectivity index (χ0) is 16.4. The first-order chi connectivity index (χ1) is 11.1. The van der Waals surface area contributed by atoms with Crippen LogP contribution < -0.4 is 10.6 Å². The van der Waals surface area contributed by atoms with Crippen molar-refractivity contribution in [3.63, 3.8) is 0 Å². The number of fused-ring (bicyclic) bond motifs is 1. The van der Waals surface area contributed by atoms with Crippen molar-refractivity contribution < 1.29 is 14.3 Å². The second-order valence-corrected chi connectivity index (χ2v) is 6.90. The summed E-state index contributed by atoms with van der Waals surface area (Å²) in [6.45, 7) is 1.23. The molecule has 23 heavy (non-hydrogen) atoms. The molecule has 1 aliphatic heterocycles. The summed E-state index contributed by atoms with van der Waals surface area (Å²) in [4.78, 5) is 24.2. The number of ether oxygens (including phenoxy) is 1. The third-order valence-corrected chi connectivity index (χ3v) is 4.99. The molecule has 1 aliphatic rings. The molecule has 1 unspecified atom stereocenters. The van der Waals surface area contributed by atoms with Gasteiger partial charge in [-0.1, -0.05) is 17.7 Å². The van der Waals surface area contributed by atoms with Gasteiger partial charge in [-0.25, -0.2) is 4.79 Å². The molecule has 0 bridgehead atoms. The van der Waals surface area contributed by atoms with Crippen molar-refractivity contribution in [1.29, 1.82) is 0 Å². The summed E-state index contributed by atoms with van der Waals surface area (Å²) in [6.07, 6.45) is 0. The molecule has 2 aromatic rings. The van der Waals surface area contributed by atoms with Crippen LogP contribution >= 0.6 is 22.9 Å². The predicted molar refractivity (Wildman–Crippen MR) is 90.7 cm³/mol. The van der Waals surface area contributed by atoms with Crippen LogP contribution in [0, 0.1) is 0 Å². The number of hydrogen-bond acceptors (Lipinski definition) is 5. The number of nitrogens with one attached hydrogen (secondary N) is 2. The first kappa shape index (κ1) is 15.8. The van der Waals surface area contributed by atoms with E-state index in [0.29, 0.717) is 27.9 Å². The van der Waals surface area contributed by atoms with E-state index in [-0.39, 0.29) is 17.8 Å². The number of esters is 1. The molecule has 7 heteroatoms. The number of benzene rings is 1. The highest BCUT2D eigenvalue weighted by Crippen LogP contribution is 2.32. The highest BCUT2D eigenvalue weighted by Gasteiger charge is 2.24. The molecule has 1 amide bonds. The van der Waals surface area contributed by atoms with Crippen LogP contribution in [-0.2, 0) is 4.74 Å². The summed E-state index contributed by atoms with van der Waals surface area (Å²) in [6, 6.07) is 8.85. The number of carbonyl (C=O) groups excluding carboxylic acids is 2. The third-order valence-electron chi connectivity index (χ3n) is 3.76. The van der Waals surface area contributed by atoms with Gasteiger partial charge in [-0.15, -0.1) is 11.3 Å². The van der Waals surface area contributed by atoms with Crippen molar-refractivity contribution in [3.8, 4) is 0 Å². The van der Waals surface area contributed by atoms with E-state index < -0.39 is 0 Å². The summed E-state index contributed by atoms with van der Waals surface area (Å²) in [5, 5.41) is 6.18. The standard InChI is InChI=1S/C16H15ClN2O3S/c1-22-16(21)9-2-3-11-10(7-18-12(11)6-9)8-19-15(20)13-4-5-14(17)23-13/h2-6,10,18H,7-8H2,1H3,(H,19,20). The molecule has 0 fully saturated rings. The molecule has 1 aromatic heterocycles. The van der Waals surface area contributed by atoms with E-state index in [9.17, 15) is 9.59 Å². The largest absolute Gasteiger partial charge is 0.465 e. The van der Waals surface area contributed by atoms with Gasteiger partial charge < -0.3 is 15.4 Å². The number of halogens is 1. The topological polar surface area (TPSA) is 67.4 Å². The number of amides is 1. The van der Waals surface area contributed by atoms with Gasteiger partial charge in [0.05, 0.1) is 21.9 Å². The van der Waals surface area contributed by atoms with Gasteiger partial charge in [0.1, 0.15) is 0 Å². The molecule has 0 radical (unpaired) electrons. The lowest BCUT2D eigenvalue weighted by atomic mass is 10.00. The quantitative estimate of drug-likeness (QED) is 0.831. The molecule has 0 saturated heterocycles. The minimum absolute atomic E-state index is 0.124. The number of anilines is 1. The summed E-state index contributed by atoms with van der Waals surface area (Å²) in [5.74, 6) is -0.321. The number of carbonyl (C=O) groups is 2. The van der Waals surface area contributed by atoms with Gasteiger partial charge >= 0.3 is 5.97 Å². The van der Waals surface area contributed by atoms with Crippen molar-refractivity contribution in [2.45, 2.75) is 5.92 Å². The monoisotopic (exact) mass is 350 g/mol. The van der Waals surface area contributed by atoms with E-state index in [2.05, 4.69) is 10.6 Å². The molecule has 0 saturated carbocycles. The average molecular weight is 351 g/mol. The minimum Gasteiger partial charge on any atom is -0.465 e. The second-order valence-electron chi connectivity index (χ2n) is 5.19. The van der Waals surface area contributed by atoms with Crippen LogP contribution in [0.4, 0.5) is 5.69 Å². The van der Waals surface area contributed by atoms with Crippen LogP contribution in [0.2, 0.25) is 4.34 Å². The van der Waals surface area contributed by atoms with Gasteiger partial charge in [0, 0.05) is 24.7 Å². The first-order valence-corrected chi connectivity index (χ1v) is 8.27. The van der Waals surface area contributed by atoms with E-state index in [1.165, 1.54) is 18.4 Å². The van der Waals surface area contributed by atoms with Crippen molar-refractivity contribution in [2.24, 2.45) is 0 Å². The van der Waals surface area contributed by atoms with Gasteiger partial charge in [0.15, 0.2) is 0 Å². The first-order valence-electron chi connectivity index (χ1n) is 7.08. The van der Waals surface area contributed by atoms with Gasteiger partial charge in [0.2, 0.25) is 0 Å². The Hall–Kier alpha value is -2.05. The molecular weight excluding hydrogens is 336 g/mol. The van der Waals surface area contributed by atoms with E-state index in [0.717, 1.165) is 11.3 Å². The fourth-order valence-electron chi connectivity index (χ4n) is 2.57. The molecule has 0 spiro atoms. The maximum absolute atomic E-state index is 12.1. The number of thiophene rings is 1. The Bertz CT molecular complexity index is 760. The summed E-state index contributed by atoms with van der Waals surface area (Å²) < 4.78 is 5.32. The van der Waals surface area contributed by atoms with Gasteiger partial charge in [-0.3, -0.25) is 4.79 Å². The number of rotatable bonds is 4. The Morgan fingerprint density at radius 2 is 2.22 bits per heavy atom. The SMILES string of the molecule is COC(=O)c1ccc2c(c1)NCC2CNC(=O)c1ccc(Cl)s1. The van der Waals surface area contributed by atoms with Crippen LogP contribution in [0.1, 0.15) is 31.5 Å². The lowest BCUT2D eigenvalue weighted by Crippen LogP contribution is -2.28. The van der Waals surface area contributed by atoms with Crippen LogP contribution in [0.25, 0.3) is 0 Å². The highest BCUT2D eigenvalue weighted by atomic mass is 35.5. The number of methoxy groups -OCH3 is 1. The zero-order valence-corrected chi connectivity index (χ0v) is 14.0. The van der Waals surface area contributed by atoms with Crippen molar-refractivity contribution in [3.05, 3.63) is 50.7 Å². The zero-order valence-electron chi connectivity index (χ0n) is 12.4. The molecule has 1 atom stereocenters. The van der Waals surface area contributed by atoms with Crippen LogP contribution in [0.15, 0.2) is 30.3 Å². The van der Waals surface area contributed by atoms with Gasteiger partial charge in [-0.05, 0) is 29.8 Å². The van der Waals surface area contributed by atoms with Crippen molar-refractivity contribution in [2.75, 3.05) is 25.5 Å². The van der Waals surface area contributed by atoms with E-state index in [1.807, 2.05) is 6.07 Å². The molecule has 3 rings (SSSR count). The fourth-order valence-corrected chi connectivity index (χ4v) is 3.53. The third kappa shape index (κ3) is 3.33. The second kappa shape index (κ2) is 6.60. The molecule has 1 aromatic carbocycles. The van der Waals surface area contributed by atoms with Crippen molar-refractivity contribution >= 4 is 40.5 Å². The van der Waals surface area contributed by atoms with E-state index in [4.69, 9.17) is 16.3 Å². The molecular formula is C16H15ClN2O3S. The van der Waals surface area contributed by atoms with E-state index in [1.54, 1.807) is 24.3 Å². The molecule has 120 valence electrons. The highest BCUT2D eigenvalue weighted by molar-refractivity contribution is 7.17. The van der Waals surface area contributed by atoms with Crippen LogP contribution in [0.3, 0.4) is 0 Å². The normalized spacial score (nSPS) is 15.7. The summed E-state index contributed by atoms with van der Waals surface area (Å²) in [5.41, 5.74) is 2.50. The van der Waals surface area contributed by atoms with Gasteiger partial charge in [0.25, 0.3) is 5.91 Å². The molecule has 0 aliphatic carbocycles. The fraction of sp³-hybridized carbons (Fsp3) is 0.250. The van der Waals surface area contributed by atoms with E-state index >= 15 is 0 Å². The summed E-state index contributed by atoms with van der Waals surface area (Å²) in [7, 11) is 1.36. The molecule has 2 heterocycles. The average Bonchev–Trinajstić information content (AvgIpc) is 3.17. The maximum atomic E-state index is 12.1. The van der Waals surface area contributed by atoms with Crippen molar-refractivity contribution in [1.82, 2.24) is 5.32 Å². The smallest absolute Gasteiger partial charge is 0.337 e. The number of hydrogen-bond donors (Lipinski definition) is 2. The summed E-state index contributed by atoms with van der Waals surface area (Å²) >= 11 is 7.10. The Balaban J connectivity index is 1.66. The lowest BCUT2D eigenvalue weighted by Gasteiger charge is -2.11. The van der Waals surface area contributed by atoms with Gasteiger partial charge in [-0.2, -0.15) is 0 Å². The maximum Gasteiger partial charge on any atom is 0.337 e. The van der Waals surface area contributed by atoms with Crippen LogP contribution in [-0.4, -0.2) is 32.1 Å². The molecule has 5 nitrogen and oxygen atoms in total. The Labute approximate surface area is 142 Å². The Morgan fingerprint density at radius 3 is 2.91 bits per heavy atom.